The molecule has 2 rings (SSSR count). The number of carbonyl (C=O) groups is 3. The lowest BCUT2D eigenvalue weighted by Gasteiger charge is -2.14. The number of nitrogens with zero attached hydrogens (tertiary/aromatic N) is 1. The van der Waals surface area contributed by atoms with E-state index in [1.54, 1.807) is 37.3 Å². The second-order valence-corrected chi connectivity index (χ2v) is 6.57. The maximum atomic E-state index is 12.1. The molecule has 9 nitrogen and oxygen atoms in total. The minimum Gasteiger partial charge on any atom is -0.490 e. The number of halogens is 1. The van der Waals surface area contributed by atoms with Crippen LogP contribution >= 0.6 is 11.6 Å². The van der Waals surface area contributed by atoms with E-state index < -0.39 is 11.8 Å². The molecule has 32 heavy (non-hydrogen) atoms. The summed E-state index contributed by atoms with van der Waals surface area (Å²) in [6.45, 7) is 5.43. The third-order valence-corrected chi connectivity index (χ3v) is 4.01. The molecule has 0 radical (unpaired) electrons. The Kier molecular flexibility index (Phi) is 9.73. The summed E-state index contributed by atoms with van der Waals surface area (Å²) in [5, 5.41) is 8.95. The summed E-state index contributed by atoms with van der Waals surface area (Å²) in [5.41, 5.74) is 3.23. The van der Waals surface area contributed by atoms with Crippen molar-refractivity contribution < 1.29 is 23.9 Å². The van der Waals surface area contributed by atoms with Crippen LogP contribution in [0.2, 0.25) is 5.02 Å². The van der Waals surface area contributed by atoms with Gasteiger partial charge in [0.2, 0.25) is 0 Å². The molecule has 0 aromatic heterocycles. The van der Waals surface area contributed by atoms with Crippen LogP contribution in [0.1, 0.15) is 12.5 Å². The Morgan fingerprint density at radius 3 is 2.56 bits per heavy atom. The van der Waals surface area contributed by atoms with Crippen molar-refractivity contribution in [2.24, 2.45) is 5.10 Å². The number of hydrogen-bond acceptors (Lipinski definition) is 6. The molecular formula is C22H23ClN4O5. The van der Waals surface area contributed by atoms with E-state index in [0.29, 0.717) is 23.6 Å². The Morgan fingerprint density at radius 1 is 1.12 bits per heavy atom. The van der Waals surface area contributed by atoms with Gasteiger partial charge in [0.15, 0.2) is 18.1 Å². The van der Waals surface area contributed by atoms with Gasteiger partial charge in [0.1, 0.15) is 0 Å². The molecule has 0 atom stereocenters. The zero-order valence-corrected chi connectivity index (χ0v) is 18.1. The minimum absolute atomic E-state index is 0.161. The topological polar surface area (TPSA) is 118 Å². The van der Waals surface area contributed by atoms with Crippen LogP contribution in [0.25, 0.3) is 0 Å². The highest BCUT2D eigenvalue weighted by atomic mass is 35.5. The smallest absolute Gasteiger partial charge is 0.329 e. The van der Waals surface area contributed by atoms with E-state index in [1.165, 1.54) is 18.4 Å². The quantitative estimate of drug-likeness (QED) is 0.219. The van der Waals surface area contributed by atoms with Crippen LogP contribution in [0, 0.1) is 0 Å². The van der Waals surface area contributed by atoms with Crippen molar-refractivity contribution in [2.75, 3.05) is 25.1 Å². The summed E-state index contributed by atoms with van der Waals surface area (Å²) in [4.78, 5) is 35.3. The molecule has 0 aliphatic carbocycles. The van der Waals surface area contributed by atoms with E-state index in [4.69, 9.17) is 21.1 Å². The van der Waals surface area contributed by atoms with Gasteiger partial charge in [-0.3, -0.25) is 14.4 Å². The number of anilines is 1. The number of hydrogen-bond donors (Lipinski definition) is 3. The van der Waals surface area contributed by atoms with Crippen LogP contribution in [0.5, 0.6) is 11.5 Å². The average Bonchev–Trinajstić information content (AvgIpc) is 2.77. The monoisotopic (exact) mass is 458 g/mol. The first-order valence-electron chi connectivity index (χ1n) is 9.60. The summed E-state index contributed by atoms with van der Waals surface area (Å²) in [6.07, 6.45) is 2.74. The lowest BCUT2D eigenvalue weighted by atomic mass is 10.2. The Bertz CT molecular complexity index is 995. The van der Waals surface area contributed by atoms with Crippen LogP contribution in [0.4, 0.5) is 5.69 Å². The molecule has 0 fully saturated rings. The molecule has 0 bridgehead atoms. The molecule has 10 heteroatoms. The Balaban J connectivity index is 2.03. The van der Waals surface area contributed by atoms with Gasteiger partial charge in [0, 0.05) is 12.2 Å². The lowest BCUT2D eigenvalue weighted by molar-refractivity contribution is -0.139. The summed E-state index contributed by atoms with van der Waals surface area (Å²) >= 11 is 6.30. The highest BCUT2D eigenvalue weighted by Crippen LogP contribution is 2.36. The van der Waals surface area contributed by atoms with Gasteiger partial charge in [-0.15, -0.1) is 6.58 Å². The molecule has 3 amide bonds. The summed E-state index contributed by atoms with van der Waals surface area (Å²) in [5.74, 6) is -1.64. The van der Waals surface area contributed by atoms with Crippen molar-refractivity contribution in [3.8, 4) is 11.5 Å². The van der Waals surface area contributed by atoms with Gasteiger partial charge in [-0.1, -0.05) is 35.9 Å². The predicted molar refractivity (Wildman–Crippen MR) is 122 cm³/mol. The van der Waals surface area contributed by atoms with Gasteiger partial charge in [0.05, 0.1) is 17.8 Å². The van der Waals surface area contributed by atoms with E-state index in [9.17, 15) is 14.4 Å². The van der Waals surface area contributed by atoms with Crippen LogP contribution < -0.4 is 25.5 Å². The van der Waals surface area contributed by atoms with Gasteiger partial charge in [-0.05, 0) is 36.8 Å². The molecule has 3 N–H and O–H groups in total. The molecule has 0 unspecified atom stereocenters. The van der Waals surface area contributed by atoms with Gasteiger partial charge >= 0.3 is 11.8 Å². The first-order valence-corrected chi connectivity index (χ1v) is 9.98. The Hall–Kier alpha value is -3.85. The molecule has 0 heterocycles. The zero-order valence-electron chi connectivity index (χ0n) is 17.4. The van der Waals surface area contributed by atoms with Gasteiger partial charge in [-0.25, -0.2) is 5.43 Å². The van der Waals surface area contributed by atoms with Crippen molar-refractivity contribution >= 4 is 41.2 Å². The van der Waals surface area contributed by atoms with Crippen molar-refractivity contribution in [1.29, 1.82) is 0 Å². The van der Waals surface area contributed by atoms with Crippen molar-refractivity contribution in [2.45, 2.75) is 6.92 Å². The maximum absolute atomic E-state index is 12.1. The number of benzene rings is 2. The lowest BCUT2D eigenvalue weighted by Crippen LogP contribution is -2.37. The van der Waals surface area contributed by atoms with Crippen molar-refractivity contribution in [1.82, 2.24) is 10.7 Å². The fourth-order valence-electron chi connectivity index (χ4n) is 2.38. The normalized spacial score (nSPS) is 10.3. The van der Waals surface area contributed by atoms with E-state index in [1.807, 2.05) is 6.07 Å². The SMILES string of the molecule is C=CCNC(=O)C(=O)N/N=C\c1cc(Cl)c(OCC(=O)Nc2ccccc2)c(OCC)c1. The molecule has 0 spiro atoms. The number of para-hydroxylation sites is 1. The van der Waals surface area contributed by atoms with Crippen LogP contribution in [-0.2, 0) is 14.4 Å². The van der Waals surface area contributed by atoms with Gasteiger partial charge < -0.3 is 20.1 Å². The molecule has 2 aromatic rings. The third-order valence-electron chi connectivity index (χ3n) is 3.73. The van der Waals surface area contributed by atoms with Crippen LogP contribution in [-0.4, -0.2) is 43.7 Å². The van der Waals surface area contributed by atoms with E-state index in [2.05, 4.69) is 27.7 Å². The molecule has 2 aromatic carbocycles. The summed E-state index contributed by atoms with van der Waals surface area (Å²) in [7, 11) is 0. The minimum atomic E-state index is -0.927. The van der Waals surface area contributed by atoms with Gasteiger partial charge in [0.25, 0.3) is 5.91 Å². The van der Waals surface area contributed by atoms with Crippen molar-refractivity contribution in [3.05, 3.63) is 65.7 Å². The maximum Gasteiger partial charge on any atom is 0.329 e. The van der Waals surface area contributed by atoms with Crippen molar-refractivity contribution in [3.63, 3.8) is 0 Å². The number of ether oxygens (including phenoxy) is 2. The molecular weight excluding hydrogens is 436 g/mol. The Labute approximate surface area is 190 Å². The largest absolute Gasteiger partial charge is 0.490 e. The standard InChI is InChI=1S/C22H23ClN4O5/c1-3-10-24-21(29)22(30)27-25-13-15-11-17(23)20(18(12-15)31-4-2)32-14-19(28)26-16-8-6-5-7-9-16/h3,5-9,11-13H,1,4,10,14H2,2H3,(H,24,29)(H,26,28)(H,27,30)/b25-13-. The fourth-order valence-corrected chi connectivity index (χ4v) is 2.66. The van der Waals surface area contributed by atoms with E-state index in [-0.39, 0.29) is 29.8 Å². The average molecular weight is 459 g/mol. The molecule has 0 saturated heterocycles. The fraction of sp³-hybridized carbons (Fsp3) is 0.182. The molecule has 0 aliphatic heterocycles. The number of carbonyl (C=O) groups excluding carboxylic acids is 3. The summed E-state index contributed by atoms with van der Waals surface area (Å²) < 4.78 is 11.1. The first kappa shape index (κ1) is 24.4. The third kappa shape index (κ3) is 7.77. The molecule has 0 aliphatic rings. The first-order chi connectivity index (χ1) is 15.4. The van der Waals surface area contributed by atoms with E-state index in [0.717, 1.165) is 0 Å². The predicted octanol–water partition coefficient (Wildman–Crippen LogP) is 2.51. The van der Waals surface area contributed by atoms with Gasteiger partial charge in [-0.2, -0.15) is 5.10 Å². The highest BCUT2D eigenvalue weighted by Gasteiger charge is 2.15. The summed E-state index contributed by atoms with van der Waals surface area (Å²) in [6, 6.07) is 12.1. The molecule has 168 valence electrons. The molecule has 0 saturated carbocycles. The Morgan fingerprint density at radius 2 is 1.88 bits per heavy atom. The second-order valence-electron chi connectivity index (χ2n) is 6.16. The number of hydrazone groups is 1. The zero-order chi connectivity index (χ0) is 23.3. The number of rotatable bonds is 10. The number of amides is 3. The van der Waals surface area contributed by atoms with Crippen LogP contribution in [0.3, 0.4) is 0 Å². The highest BCUT2D eigenvalue weighted by molar-refractivity contribution is 6.35. The van der Waals surface area contributed by atoms with E-state index >= 15 is 0 Å². The number of nitrogens with one attached hydrogen (secondary N) is 3. The second kappa shape index (κ2) is 12.8. The van der Waals surface area contributed by atoms with Crippen LogP contribution in [0.15, 0.2) is 60.2 Å².